The van der Waals surface area contributed by atoms with Crippen LogP contribution in [-0.4, -0.2) is 40.7 Å². The Bertz CT molecular complexity index is 762. The molecule has 0 radical (unpaired) electrons. The molecule has 0 spiro atoms. The lowest BCUT2D eigenvalue weighted by molar-refractivity contribution is -0.138. The van der Waals surface area contributed by atoms with Crippen molar-refractivity contribution in [3.05, 3.63) is 35.7 Å². The molecule has 1 aliphatic heterocycles. The van der Waals surface area contributed by atoms with Crippen LogP contribution in [0.1, 0.15) is 39.5 Å². The molecule has 3 rings (SSSR count). The van der Waals surface area contributed by atoms with Gasteiger partial charge in [-0.2, -0.15) is 0 Å². The molecule has 5 nitrogen and oxygen atoms in total. The Morgan fingerprint density at radius 2 is 2.19 bits per heavy atom. The summed E-state index contributed by atoms with van der Waals surface area (Å²) in [6.07, 6.45) is 4.53. The molecular formula is C21H27N3O2S. The molecule has 6 heteroatoms. The highest BCUT2D eigenvalue weighted by Crippen LogP contribution is 2.28. The highest BCUT2D eigenvalue weighted by atomic mass is 32.1. The molecule has 1 saturated heterocycles. The Morgan fingerprint density at radius 1 is 1.41 bits per heavy atom. The molecule has 0 aliphatic carbocycles. The average molecular weight is 386 g/mol. The van der Waals surface area contributed by atoms with Crippen LogP contribution < -0.4 is 5.32 Å². The van der Waals surface area contributed by atoms with Crippen molar-refractivity contribution >= 4 is 28.7 Å². The van der Waals surface area contributed by atoms with Gasteiger partial charge in [-0.05, 0) is 12.8 Å². The summed E-state index contributed by atoms with van der Waals surface area (Å²) >= 11 is 1.55. The third-order valence-corrected chi connectivity index (χ3v) is 5.87. The van der Waals surface area contributed by atoms with Gasteiger partial charge in [0.05, 0.1) is 11.7 Å². The lowest BCUT2D eigenvalue weighted by Gasteiger charge is -2.24. The molecule has 0 unspecified atom stereocenters. The van der Waals surface area contributed by atoms with Crippen molar-refractivity contribution in [3.8, 4) is 11.3 Å². The second-order valence-electron chi connectivity index (χ2n) is 7.22. The van der Waals surface area contributed by atoms with E-state index in [-0.39, 0.29) is 23.9 Å². The van der Waals surface area contributed by atoms with Crippen LogP contribution in [-0.2, 0) is 9.59 Å². The SMILES string of the molecule is CCCC[C@@H](C)C(=O)N1C[C@H](Nc2nc(-c3ccccc3)cs2)C[C@H]1C=O. The van der Waals surface area contributed by atoms with Crippen LogP contribution >= 0.6 is 11.3 Å². The van der Waals surface area contributed by atoms with Gasteiger partial charge in [0.15, 0.2) is 5.13 Å². The number of aldehydes is 1. The van der Waals surface area contributed by atoms with Crippen molar-refractivity contribution in [1.29, 1.82) is 0 Å². The molecule has 1 fully saturated rings. The molecule has 3 atom stereocenters. The van der Waals surface area contributed by atoms with Crippen LogP contribution in [0.3, 0.4) is 0 Å². The van der Waals surface area contributed by atoms with Gasteiger partial charge in [0.25, 0.3) is 0 Å². The minimum absolute atomic E-state index is 0.0318. The lowest BCUT2D eigenvalue weighted by Crippen LogP contribution is -2.40. The number of hydrogen-bond donors (Lipinski definition) is 1. The average Bonchev–Trinajstić information content (AvgIpc) is 3.33. The Kier molecular flexibility index (Phi) is 6.61. The lowest BCUT2D eigenvalue weighted by atomic mass is 10.0. The second kappa shape index (κ2) is 9.13. The smallest absolute Gasteiger partial charge is 0.226 e. The largest absolute Gasteiger partial charge is 0.357 e. The van der Waals surface area contributed by atoms with Crippen molar-refractivity contribution in [2.24, 2.45) is 5.92 Å². The van der Waals surface area contributed by atoms with E-state index in [9.17, 15) is 9.59 Å². The first kappa shape index (κ1) is 19.5. The van der Waals surface area contributed by atoms with Crippen molar-refractivity contribution in [1.82, 2.24) is 9.88 Å². The number of thiazole rings is 1. The zero-order chi connectivity index (χ0) is 19.2. The van der Waals surface area contributed by atoms with Crippen molar-refractivity contribution < 1.29 is 9.59 Å². The van der Waals surface area contributed by atoms with Crippen LogP contribution in [0.25, 0.3) is 11.3 Å². The van der Waals surface area contributed by atoms with Crippen LogP contribution in [0, 0.1) is 5.92 Å². The van der Waals surface area contributed by atoms with Crippen LogP contribution in [0.2, 0.25) is 0 Å². The number of rotatable bonds is 8. The number of nitrogens with one attached hydrogen (secondary N) is 1. The fraction of sp³-hybridized carbons (Fsp3) is 0.476. The third kappa shape index (κ3) is 4.75. The van der Waals surface area contributed by atoms with Gasteiger partial charge in [0, 0.05) is 29.4 Å². The van der Waals surface area contributed by atoms with Crippen LogP contribution in [0.15, 0.2) is 35.7 Å². The summed E-state index contributed by atoms with van der Waals surface area (Å²) in [5.74, 6) is 0.0599. The topological polar surface area (TPSA) is 62.3 Å². The number of likely N-dealkylation sites (tertiary alicyclic amines) is 1. The highest BCUT2D eigenvalue weighted by Gasteiger charge is 2.36. The van der Waals surface area contributed by atoms with Crippen LogP contribution in [0.5, 0.6) is 0 Å². The number of anilines is 1. The molecule has 27 heavy (non-hydrogen) atoms. The number of amides is 1. The molecular weight excluding hydrogens is 358 g/mol. The van der Waals surface area contributed by atoms with Gasteiger partial charge in [0.1, 0.15) is 6.29 Å². The van der Waals surface area contributed by atoms with E-state index in [4.69, 9.17) is 0 Å². The normalized spacial score (nSPS) is 20.4. The molecule has 1 aromatic heterocycles. The van der Waals surface area contributed by atoms with E-state index in [2.05, 4.69) is 17.2 Å². The van der Waals surface area contributed by atoms with Gasteiger partial charge < -0.3 is 15.0 Å². The first-order valence-electron chi connectivity index (χ1n) is 9.65. The summed E-state index contributed by atoms with van der Waals surface area (Å²) in [6, 6.07) is 9.77. The van der Waals surface area contributed by atoms with Crippen molar-refractivity contribution in [3.63, 3.8) is 0 Å². The van der Waals surface area contributed by atoms with E-state index >= 15 is 0 Å². The molecule has 0 bridgehead atoms. The summed E-state index contributed by atoms with van der Waals surface area (Å²) in [6.45, 7) is 4.64. The number of unbranched alkanes of at least 4 members (excludes halogenated alkanes) is 1. The first-order valence-corrected chi connectivity index (χ1v) is 10.5. The summed E-state index contributed by atoms with van der Waals surface area (Å²) in [4.78, 5) is 30.6. The van der Waals surface area contributed by atoms with E-state index in [1.165, 1.54) is 0 Å². The molecule has 2 heterocycles. The summed E-state index contributed by atoms with van der Waals surface area (Å²) in [5, 5.41) is 6.27. The molecule has 1 N–H and O–H groups in total. The fourth-order valence-corrected chi connectivity index (χ4v) is 4.32. The van der Waals surface area contributed by atoms with E-state index in [1.54, 1.807) is 16.2 Å². The summed E-state index contributed by atoms with van der Waals surface area (Å²) < 4.78 is 0. The predicted octanol–water partition coefficient (Wildman–Crippen LogP) is 4.22. The third-order valence-electron chi connectivity index (χ3n) is 5.10. The van der Waals surface area contributed by atoms with E-state index < -0.39 is 0 Å². The molecule has 1 amide bonds. The Balaban J connectivity index is 1.63. The van der Waals surface area contributed by atoms with Gasteiger partial charge in [-0.3, -0.25) is 4.79 Å². The number of benzene rings is 1. The van der Waals surface area contributed by atoms with E-state index in [0.29, 0.717) is 13.0 Å². The highest BCUT2D eigenvalue weighted by molar-refractivity contribution is 7.14. The molecule has 144 valence electrons. The number of hydrogen-bond acceptors (Lipinski definition) is 5. The van der Waals surface area contributed by atoms with Crippen molar-refractivity contribution in [2.75, 3.05) is 11.9 Å². The fourth-order valence-electron chi connectivity index (χ4n) is 3.53. The first-order chi connectivity index (χ1) is 13.1. The molecule has 2 aromatic rings. The maximum atomic E-state index is 12.7. The van der Waals surface area contributed by atoms with Gasteiger partial charge in [-0.1, -0.05) is 57.0 Å². The number of nitrogens with zero attached hydrogens (tertiary/aromatic N) is 2. The number of aromatic nitrogens is 1. The molecule has 1 aliphatic rings. The van der Waals surface area contributed by atoms with Gasteiger partial charge in [-0.15, -0.1) is 11.3 Å². The summed E-state index contributed by atoms with van der Waals surface area (Å²) in [7, 11) is 0. The van der Waals surface area contributed by atoms with Gasteiger partial charge in [0.2, 0.25) is 5.91 Å². The number of carbonyl (C=O) groups excluding carboxylic acids is 2. The van der Waals surface area contributed by atoms with Gasteiger partial charge >= 0.3 is 0 Å². The Labute approximate surface area is 164 Å². The van der Waals surface area contributed by atoms with E-state index in [1.807, 2.05) is 42.6 Å². The minimum atomic E-state index is -0.340. The standard InChI is InChI=1S/C21H27N3O2S/c1-3-4-8-15(2)20(26)24-12-17(11-18(24)13-25)22-21-23-19(14-27-21)16-9-6-5-7-10-16/h5-7,9-10,13-15,17-18H,3-4,8,11-12H2,1-2H3,(H,22,23)/t15-,17-,18+/m1/s1. The predicted molar refractivity (Wildman–Crippen MR) is 110 cm³/mol. The maximum Gasteiger partial charge on any atom is 0.226 e. The Morgan fingerprint density at radius 3 is 2.89 bits per heavy atom. The van der Waals surface area contributed by atoms with Crippen LogP contribution in [0.4, 0.5) is 5.13 Å². The zero-order valence-electron chi connectivity index (χ0n) is 15.9. The Hall–Kier alpha value is -2.21. The minimum Gasteiger partial charge on any atom is -0.357 e. The maximum absolute atomic E-state index is 12.7. The quantitative estimate of drug-likeness (QED) is 0.691. The summed E-state index contributed by atoms with van der Waals surface area (Å²) in [5.41, 5.74) is 2.02. The number of carbonyl (C=O) groups is 2. The van der Waals surface area contributed by atoms with Crippen molar-refractivity contribution in [2.45, 2.75) is 51.6 Å². The van der Waals surface area contributed by atoms with Gasteiger partial charge in [-0.25, -0.2) is 4.98 Å². The molecule has 0 saturated carbocycles. The monoisotopic (exact) mass is 385 g/mol. The molecule has 1 aromatic carbocycles. The van der Waals surface area contributed by atoms with E-state index in [0.717, 1.165) is 41.9 Å². The second-order valence-corrected chi connectivity index (χ2v) is 8.08. The zero-order valence-corrected chi connectivity index (χ0v) is 16.7.